The number of aromatic nitrogens is 2. The maximum Gasteiger partial charge on any atom is 0.115 e. The summed E-state index contributed by atoms with van der Waals surface area (Å²) >= 11 is 0. The van der Waals surface area contributed by atoms with Gasteiger partial charge in [-0.1, -0.05) is 19.3 Å². The molecule has 0 spiro atoms. The summed E-state index contributed by atoms with van der Waals surface area (Å²) in [5, 5.41) is 3.59. The van der Waals surface area contributed by atoms with Gasteiger partial charge in [-0.15, -0.1) is 0 Å². The molecule has 2 rings (SSSR count). The molecule has 0 unspecified atom stereocenters. The smallest absolute Gasteiger partial charge is 0.115 e. The molecule has 4 heteroatoms. The molecule has 0 saturated heterocycles. The maximum absolute atomic E-state index is 5.29. The van der Waals surface area contributed by atoms with Gasteiger partial charge in [0.15, 0.2) is 0 Å². The second-order valence-corrected chi connectivity index (χ2v) is 5.65. The summed E-state index contributed by atoms with van der Waals surface area (Å²) in [7, 11) is 1.80. The molecule has 0 atom stereocenters. The summed E-state index contributed by atoms with van der Waals surface area (Å²) in [6.45, 7) is 2.80. The lowest BCUT2D eigenvalue weighted by Crippen LogP contribution is -2.37. The standard InChI is InChI=1S/C15H25N3O/c1-19-8-7-15(5-3-2-4-6-15)12-16-9-14-10-17-13-18-11-14/h10-11,13,16H,2-9,12H2,1H3. The van der Waals surface area contributed by atoms with Crippen LogP contribution in [0.2, 0.25) is 0 Å². The van der Waals surface area contributed by atoms with Crippen molar-refractivity contribution in [1.82, 2.24) is 15.3 Å². The van der Waals surface area contributed by atoms with E-state index in [0.29, 0.717) is 5.41 Å². The first-order valence-electron chi connectivity index (χ1n) is 7.28. The van der Waals surface area contributed by atoms with Crippen molar-refractivity contribution >= 4 is 0 Å². The van der Waals surface area contributed by atoms with Gasteiger partial charge in [-0.25, -0.2) is 9.97 Å². The number of nitrogens with one attached hydrogen (secondary N) is 1. The van der Waals surface area contributed by atoms with Crippen LogP contribution in [0.3, 0.4) is 0 Å². The van der Waals surface area contributed by atoms with Gasteiger partial charge >= 0.3 is 0 Å². The fourth-order valence-electron chi connectivity index (χ4n) is 3.03. The van der Waals surface area contributed by atoms with Crippen molar-refractivity contribution in [2.45, 2.75) is 45.1 Å². The minimum Gasteiger partial charge on any atom is -0.385 e. The Balaban J connectivity index is 1.82. The third kappa shape index (κ3) is 4.55. The topological polar surface area (TPSA) is 47.0 Å². The van der Waals surface area contributed by atoms with Gasteiger partial charge in [0.05, 0.1) is 0 Å². The van der Waals surface area contributed by atoms with Crippen LogP contribution >= 0.6 is 0 Å². The van der Waals surface area contributed by atoms with Gasteiger partial charge in [-0.2, -0.15) is 0 Å². The van der Waals surface area contributed by atoms with E-state index in [-0.39, 0.29) is 0 Å². The monoisotopic (exact) mass is 263 g/mol. The number of nitrogens with zero attached hydrogens (tertiary/aromatic N) is 2. The highest BCUT2D eigenvalue weighted by Crippen LogP contribution is 2.38. The van der Waals surface area contributed by atoms with Crippen LogP contribution in [0.5, 0.6) is 0 Å². The number of ether oxygens (including phenoxy) is 1. The average molecular weight is 263 g/mol. The third-order valence-electron chi connectivity index (χ3n) is 4.19. The van der Waals surface area contributed by atoms with Gasteiger partial charge in [0.1, 0.15) is 6.33 Å². The van der Waals surface area contributed by atoms with Crippen molar-refractivity contribution in [1.29, 1.82) is 0 Å². The average Bonchev–Trinajstić information content (AvgIpc) is 2.47. The lowest BCUT2D eigenvalue weighted by molar-refractivity contribution is 0.101. The largest absolute Gasteiger partial charge is 0.385 e. The first-order valence-corrected chi connectivity index (χ1v) is 7.28. The Morgan fingerprint density at radius 3 is 2.63 bits per heavy atom. The quantitative estimate of drug-likeness (QED) is 0.821. The van der Waals surface area contributed by atoms with Gasteiger partial charge in [0, 0.05) is 44.8 Å². The van der Waals surface area contributed by atoms with E-state index in [1.54, 1.807) is 13.4 Å². The Morgan fingerprint density at radius 1 is 1.21 bits per heavy atom. The van der Waals surface area contributed by atoms with E-state index in [0.717, 1.165) is 25.3 Å². The molecule has 1 aromatic rings. The summed E-state index contributed by atoms with van der Waals surface area (Å²) in [5.41, 5.74) is 1.59. The van der Waals surface area contributed by atoms with E-state index in [1.165, 1.54) is 38.5 Å². The summed E-state index contributed by atoms with van der Waals surface area (Å²) < 4.78 is 5.29. The van der Waals surface area contributed by atoms with Crippen LogP contribution in [0.4, 0.5) is 0 Å². The number of hydrogen-bond acceptors (Lipinski definition) is 4. The second-order valence-electron chi connectivity index (χ2n) is 5.65. The third-order valence-corrected chi connectivity index (χ3v) is 4.19. The van der Waals surface area contributed by atoms with E-state index in [4.69, 9.17) is 4.74 Å². The highest BCUT2D eigenvalue weighted by atomic mass is 16.5. The van der Waals surface area contributed by atoms with Crippen LogP contribution < -0.4 is 5.32 Å². The predicted octanol–water partition coefficient (Wildman–Crippen LogP) is 2.55. The minimum absolute atomic E-state index is 0.434. The van der Waals surface area contributed by atoms with Crippen molar-refractivity contribution in [3.05, 3.63) is 24.3 Å². The van der Waals surface area contributed by atoms with Crippen LogP contribution in [-0.4, -0.2) is 30.2 Å². The van der Waals surface area contributed by atoms with Gasteiger partial charge in [-0.3, -0.25) is 0 Å². The van der Waals surface area contributed by atoms with Gasteiger partial charge in [0.2, 0.25) is 0 Å². The summed E-state index contributed by atoms with van der Waals surface area (Å²) in [6.07, 6.45) is 13.3. The molecular weight excluding hydrogens is 238 g/mol. The van der Waals surface area contributed by atoms with Crippen LogP contribution in [0.1, 0.15) is 44.1 Å². The lowest BCUT2D eigenvalue weighted by Gasteiger charge is -2.37. The number of hydrogen-bond donors (Lipinski definition) is 1. The van der Waals surface area contributed by atoms with E-state index in [9.17, 15) is 0 Å². The van der Waals surface area contributed by atoms with Crippen LogP contribution in [0.25, 0.3) is 0 Å². The molecule has 106 valence electrons. The molecule has 1 aromatic heterocycles. The first-order chi connectivity index (χ1) is 9.35. The second kappa shape index (κ2) is 7.56. The zero-order chi connectivity index (χ0) is 13.4. The van der Waals surface area contributed by atoms with E-state index < -0.39 is 0 Å². The van der Waals surface area contributed by atoms with Crippen LogP contribution in [-0.2, 0) is 11.3 Å². The number of methoxy groups -OCH3 is 1. The van der Waals surface area contributed by atoms with Gasteiger partial charge in [0.25, 0.3) is 0 Å². The Hall–Kier alpha value is -1.00. The minimum atomic E-state index is 0.434. The van der Waals surface area contributed by atoms with Crippen molar-refractivity contribution in [3.8, 4) is 0 Å². The molecule has 19 heavy (non-hydrogen) atoms. The van der Waals surface area contributed by atoms with Crippen molar-refractivity contribution in [2.24, 2.45) is 5.41 Å². The fourth-order valence-corrected chi connectivity index (χ4v) is 3.03. The molecule has 1 N–H and O–H groups in total. The predicted molar refractivity (Wildman–Crippen MR) is 75.7 cm³/mol. The maximum atomic E-state index is 5.29. The molecule has 1 aliphatic carbocycles. The van der Waals surface area contributed by atoms with Crippen LogP contribution in [0, 0.1) is 5.41 Å². The Bertz CT molecular complexity index is 350. The molecule has 0 aromatic carbocycles. The van der Waals surface area contributed by atoms with Crippen molar-refractivity contribution in [3.63, 3.8) is 0 Å². The Kier molecular flexibility index (Phi) is 5.73. The van der Waals surface area contributed by atoms with Gasteiger partial charge < -0.3 is 10.1 Å². The SMILES string of the molecule is COCCC1(CNCc2cncnc2)CCCCC1. The molecule has 1 fully saturated rings. The molecule has 0 bridgehead atoms. The molecule has 1 saturated carbocycles. The zero-order valence-electron chi connectivity index (χ0n) is 11.9. The molecule has 0 aliphatic heterocycles. The van der Waals surface area contributed by atoms with E-state index >= 15 is 0 Å². The summed E-state index contributed by atoms with van der Waals surface area (Å²) in [4.78, 5) is 8.09. The zero-order valence-corrected chi connectivity index (χ0v) is 11.9. The lowest BCUT2D eigenvalue weighted by atomic mass is 9.72. The normalized spacial score (nSPS) is 18.4. The highest BCUT2D eigenvalue weighted by molar-refractivity contribution is 5.01. The van der Waals surface area contributed by atoms with Crippen LogP contribution in [0.15, 0.2) is 18.7 Å². The number of rotatable bonds is 7. The van der Waals surface area contributed by atoms with E-state index in [2.05, 4.69) is 15.3 Å². The molecule has 0 radical (unpaired) electrons. The van der Waals surface area contributed by atoms with Crippen molar-refractivity contribution in [2.75, 3.05) is 20.3 Å². The molecule has 0 amide bonds. The van der Waals surface area contributed by atoms with Gasteiger partial charge in [-0.05, 0) is 24.7 Å². The Morgan fingerprint density at radius 2 is 1.95 bits per heavy atom. The molecular formula is C15H25N3O. The van der Waals surface area contributed by atoms with Crippen molar-refractivity contribution < 1.29 is 4.74 Å². The molecule has 4 nitrogen and oxygen atoms in total. The highest BCUT2D eigenvalue weighted by Gasteiger charge is 2.31. The molecule has 1 heterocycles. The summed E-state index contributed by atoms with van der Waals surface area (Å²) in [5.74, 6) is 0. The first kappa shape index (κ1) is 14.4. The fraction of sp³-hybridized carbons (Fsp3) is 0.733. The van der Waals surface area contributed by atoms with E-state index in [1.807, 2.05) is 12.4 Å². The molecule has 1 aliphatic rings. The summed E-state index contributed by atoms with van der Waals surface area (Å²) in [6, 6.07) is 0. The Labute approximate surface area is 116 Å².